The average Bonchev–Trinajstić information content (AvgIpc) is 3.68. The number of hydrazone groups is 1. The molecule has 1 fully saturated rings. The number of alkyl halides is 3. The molecule has 2 unspecified atom stereocenters. The number of ether oxygens (including phenoxy) is 1. The SMILES string of the molecule is O=C1NC2(Oc3ccc(Br)cc3C3CC(c4ccc(Cl)cc4)=NN32)/C(=C/c2ccc(-c3cccc(C(F)(F)F)c3)o2)S1. The largest absolute Gasteiger partial charge is 0.457 e. The maximum atomic E-state index is 13.3. The van der Waals surface area contributed by atoms with Gasteiger partial charge in [-0.3, -0.25) is 10.1 Å². The first kappa shape index (κ1) is 27.2. The minimum Gasteiger partial charge on any atom is -0.457 e. The third-order valence-electron chi connectivity index (χ3n) is 7.18. The molecule has 3 aliphatic rings. The zero-order valence-electron chi connectivity index (χ0n) is 21.3. The van der Waals surface area contributed by atoms with Crippen LogP contribution in [0.4, 0.5) is 18.0 Å². The lowest BCUT2D eigenvalue weighted by molar-refractivity contribution is -0.137. The number of carbonyl (C=O) groups is 1. The quantitative estimate of drug-likeness (QED) is 0.235. The van der Waals surface area contributed by atoms with Crippen molar-refractivity contribution in [2.75, 3.05) is 0 Å². The summed E-state index contributed by atoms with van der Waals surface area (Å²) >= 11 is 10.6. The zero-order valence-corrected chi connectivity index (χ0v) is 24.4. The molecule has 0 saturated carbocycles. The number of carbonyl (C=O) groups excluding carboxylic acids is 1. The van der Waals surface area contributed by atoms with Crippen molar-refractivity contribution in [1.82, 2.24) is 10.3 Å². The van der Waals surface area contributed by atoms with Crippen LogP contribution in [-0.4, -0.2) is 21.8 Å². The number of thioether (sulfide) groups is 1. The van der Waals surface area contributed by atoms with Gasteiger partial charge in [0.2, 0.25) is 0 Å². The summed E-state index contributed by atoms with van der Waals surface area (Å²) < 4.78 is 53.2. The van der Waals surface area contributed by atoms with Crippen LogP contribution in [-0.2, 0) is 6.18 Å². The van der Waals surface area contributed by atoms with Gasteiger partial charge in [-0.15, -0.1) is 0 Å². The number of hydrogen-bond donors (Lipinski definition) is 1. The number of hydrogen-bond acceptors (Lipinski definition) is 6. The average molecular weight is 673 g/mol. The van der Waals surface area contributed by atoms with E-state index in [1.54, 1.807) is 41.4 Å². The van der Waals surface area contributed by atoms with E-state index in [1.165, 1.54) is 6.07 Å². The fourth-order valence-corrected chi connectivity index (χ4v) is 6.66. The number of fused-ring (bicyclic) bond motifs is 4. The summed E-state index contributed by atoms with van der Waals surface area (Å²) in [7, 11) is 0. The van der Waals surface area contributed by atoms with E-state index in [4.69, 9.17) is 25.9 Å². The number of furan rings is 1. The molecular formula is C30H18BrClF3N3O3S. The molecule has 12 heteroatoms. The topological polar surface area (TPSA) is 67.1 Å². The normalized spacial score (nSPS) is 22.2. The molecule has 4 heterocycles. The predicted molar refractivity (Wildman–Crippen MR) is 158 cm³/mol. The molecule has 42 heavy (non-hydrogen) atoms. The minimum atomic E-state index is -4.48. The lowest BCUT2D eigenvalue weighted by Gasteiger charge is -2.45. The summed E-state index contributed by atoms with van der Waals surface area (Å²) in [6, 6.07) is 20.9. The van der Waals surface area contributed by atoms with Gasteiger partial charge in [0.25, 0.3) is 5.24 Å². The van der Waals surface area contributed by atoms with Crippen LogP contribution in [0, 0.1) is 0 Å². The molecule has 4 aromatic rings. The van der Waals surface area contributed by atoms with Crippen molar-refractivity contribution in [1.29, 1.82) is 0 Å². The van der Waals surface area contributed by atoms with Gasteiger partial charge >= 0.3 is 12.0 Å². The molecule has 3 aliphatic heterocycles. The summed E-state index contributed by atoms with van der Waals surface area (Å²) in [5.41, 5.74) is 2.09. The number of rotatable bonds is 3. The van der Waals surface area contributed by atoms with Crippen molar-refractivity contribution in [3.8, 4) is 17.1 Å². The summed E-state index contributed by atoms with van der Waals surface area (Å²) in [4.78, 5) is 13.4. The highest BCUT2D eigenvalue weighted by Crippen LogP contribution is 2.53. The van der Waals surface area contributed by atoms with Crippen molar-refractivity contribution >= 4 is 56.3 Å². The van der Waals surface area contributed by atoms with Crippen molar-refractivity contribution < 1.29 is 27.1 Å². The second kappa shape index (κ2) is 9.96. The highest BCUT2D eigenvalue weighted by molar-refractivity contribution is 9.10. The van der Waals surface area contributed by atoms with Crippen LogP contribution in [0.1, 0.15) is 34.9 Å². The van der Waals surface area contributed by atoms with E-state index in [1.807, 2.05) is 30.3 Å². The summed E-state index contributed by atoms with van der Waals surface area (Å²) in [6.07, 6.45) is -2.28. The summed E-state index contributed by atoms with van der Waals surface area (Å²) in [5.74, 6) is -0.288. The molecule has 2 atom stereocenters. The van der Waals surface area contributed by atoms with E-state index in [0.717, 1.165) is 45.2 Å². The molecule has 212 valence electrons. The Morgan fingerprint density at radius 2 is 1.88 bits per heavy atom. The zero-order chi connectivity index (χ0) is 29.2. The maximum absolute atomic E-state index is 13.3. The molecule has 0 bridgehead atoms. The van der Waals surface area contributed by atoms with Crippen molar-refractivity contribution in [2.45, 2.75) is 24.5 Å². The Labute approximate surface area is 255 Å². The Morgan fingerprint density at radius 1 is 1.07 bits per heavy atom. The molecule has 1 spiro atoms. The molecule has 6 nitrogen and oxygen atoms in total. The third kappa shape index (κ3) is 4.69. The standard InChI is InChI=1S/C30H18BrClF3N3O3S/c31-19-6-10-26-22(13-19)24-15-23(16-4-7-20(32)8-5-16)37-38(24)30(41-26)27(42-28(39)36-30)14-21-9-11-25(40-21)17-2-1-3-18(12-17)29(33,34)35/h1-14,24H,15H2,(H,36,39)/b27-14-. The van der Waals surface area contributed by atoms with Crippen LogP contribution in [0.25, 0.3) is 17.4 Å². The van der Waals surface area contributed by atoms with Gasteiger partial charge in [-0.1, -0.05) is 51.8 Å². The highest BCUT2D eigenvalue weighted by Gasteiger charge is 2.58. The Morgan fingerprint density at radius 3 is 2.67 bits per heavy atom. The molecule has 1 saturated heterocycles. The first-order valence-corrected chi connectivity index (χ1v) is 14.7. The molecule has 3 aromatic carbocycles. The van der Waals surface area contributed by atoms with Gasteiger partial charge in [0.1, 0.15) is 17.3 Å². The van der Waals surface area contributed by atoms with Crippen molar-refractivity contribution in [2.24, 2.45) is 5.10 Å². The van der Waals surface area contributed by atoms with Crippen LogP contribution < -0.4 is 10.1 Å². The first-order valence-electron chi connectivity index (χ1n) is 12.7. The van der Waals surface area contributed by atoms with E-state index < -0.39 is 17.6 Å². The van der Waals surface area contributed by atoms with Gasteiger partial charge in [0.05, 0.1) is 22.2 Å². The number of benzene rings is 3. The van der Waals surface area contributed by atoms with E-state index in [2.05, 4.69) is 21.2 Å². The lowest BCUT2D eigenvalue weighted by atomic mass is 9.96. The summed E-state index contributed by atoms with van der Waals surface area (Å²) in [6.45, 7) is 0. The number of nitrogens with zero attached hydrogens (tertiary/aromatic N) is 2. The maximum Gasteiger partial charge on any atom is 0.416 e. The monoisotopic (exact) mass is 671 g/mol. The first-order chi connectivity index (χ1) is 20.1. The Bertz CT molecular complexity index is 1810. The number of nitrogens with one attached hydrogen (secondary N) is 1. The molecule has 1 amide bonds. The van der Waals surface area contributed by atoms with Crippen LogP contribution in [0.2, 0.25) is 5.02 Å². The fraction of sp³-hybridized carbons (Fsp3) is 0.133. The van der Waals surface area contributed by atoms with Gasteiger partial charge in [-0.05, 0) is 78.0 Å². The van der Waals surface area contributed by atoms with E-state index >= 15 is 0 Å². The second-order valence-electron chi connectivity index (χ2n) is 9.85. The molecule has 0 aliphatic carbocycles. The smallest absolute Gasteiger partial charge is 0.416 e. The van der Waals surface area contributed by atoms with Crippen LogP contribution in [0.15, 0.2) is 97.8 Å². The Kier molecular flexibility index (Phi) is 6.45. The number of amides is 1. The van der Waals surface area contributed by atoms with Gasteiger partial charge in [0, 0.05) is 27.0 Å². The molecule has 7 rings (SSSR count). The summed E-state index contributed by atoms with van der Waals surface area (Å²) in [5, 5.41) is 9.93. The Balaban J connectivity index is 1.31. The fourth-order valence-electron chi connectivity index (χ4n) is 5.27. The van der Waals surface area contributed by atoms with Gasteiger partial charge in [-0.2, -0.15) is 18.3 Å². The second-order valence-corrected chi connectivity index (χ2v) is 12.2. The van der Waals surface area contributed by atoms with Gasteiger partial charge in [-0.25, -0.2) is 5.01 Å². The lowest BCUT2D eigenvalue weighted by Crippen LogP contribution is -2.61. The molecule has 0 radical (unpaired) electrons. The highest BCUT2D eigenvalue weighted by atomic mass is 79.9. The minimum absolute atomic E-state index is 0.256. The number of halogens is 5. The van der Waals surface area contributed by atoms with Gasteiger partial charge < -0.3 is 9.15 Å². The van der Waals surface area contributed by atoms with E-state index in [-0.39, 0.29) is 22.6 Å². The van der Waals surface area contributed by atoms with E-state index in [9.17, 15) is 18.0 Å². The van der Waals surface area contributed by atoms with Crippen LogP contribution >= 0.6 is 39.3 Å². The third-order valence-corrected chi connectivity index (χ3v) is 8.83. The van der Waals surface area contributed by atoms with Crippen molar-refractivity contribution in [3.63, 3.8) is 0 Å². The van der Waals surface area contributed by atoms with Crippen LogP contribution in [0.3, 0.4) is 0 Å². The van der Waals surface area contributed by atoms with Crippen LogP contribution in [0.5, 0.6) is 5.75 Å². The Hall–Kier alpha value is -3.67. The predicted octanol–water partition coefficient (Wildman–Crippen LogP) is 9.08. The molecular weight excluding hydrogens is 655 g/mol. The van der Waals surface area contributed by atoms with Gasteiger partial charge in [0.15, 0.2) is 0 Å². The molecule has 1 N–H and O–H groups in total. The molecule has 1 aromatic heterocycles. The van der Waals surface area contributed by atoms with Crippen molar-refractivity contribution in [3.05, 3.63) is 116 Å². The van der Waals surface area contributed by atoms with E-state index in [0.29, 0.717) is 27.9 Å².